The molecule has 0 saturated carbocycles. The molecule has 4 rings (SSSR count). The van der Waals surface area contributed by atoms with Crippen LogP contribution in [-0.4, -0.2) is 52.2 Å². The molecule has 1 aliphatic carbocycles. The van der Waals surface area contributed by atoms with E-state index in [-0.39, 0.29) is 28.9 Å². The highest BCUT2D eigenvalue weighted by Gasteiger charge is 2.58. The van der Waals surface area contributed by atoms with E-state index in [2.05, 4.69) is 5.32 Å². The lowest BCUT2D eigenvalue weighted by Gasteiger charge is -2.32. The van der Waals surface area contributed by atoms with Crippen LogP contribution in [0.3, 0.4) is 0 Å². The van der Waals surface area contributed by atoms with Crippen LogP contribution in [0.1, 0.15) is 34.8 Å². The molecule has 1 fully saturated rings. The molecule has 1 aliphatic heterocycles. The molecule has 2 atom stereocenters. The number of hydrogen-bond acceptors (Lipinski definition) is 4. The Balaban J connectivity index is 1.60. The first-order valence-corrected chi connectivity index (χ1v) is 10.3. The van der Waals surface area contributed by atoms with Crippen LogP contribution in [0.4, 0.5) is 22.4 Å². The van der Waals surface area contributed by atoms with Crippen molar-refractivity contribution < 1.29 is 36.7 Å². The summed E-state index contributed by atoms with van der Waals surface area (Å²) >= 11 is 0. The number of halogens is 4. The summed E-state index contributed by atoms with van der Waals surface area (Å²) in [6.07, 6.45) is -5.13. The van der Waals surface area contributed by atoms with Crippen molar-refractivity contribution in [2.24, 2.45) is 0 Å². The number of Topliss-reactive ketones (excluding diaryl/α,β-unsaturated/α-hetero) is 1. The molecule has 2 aromatic carbocycles. The summed E-state index contributed by atoms with van der Waals surface area (Å²) in [6, 6.07) is 7.55. The molecule has 0 radical (unpaired) electrons. The van der Waals surface area contributed by atoms with E-state index in [9.17, 15) is 36.7 Å². The first kappa shape index (κ1) is 23.4. The molecule has 0 bridgehead atoms. The lowest BCUT2D eigenvalue weighted by molar-refractivity contribution is -0.187. The van der Waals surface area contributed by atoms with Gasteiger partial charge in [-0.15, -0.1) is 0 Å². The predicted molar refractivity (Wildman–Crippen MR) is 110 cm³/mol. The number of alkyl halides is 3. The Labute approximate surface area is 191 Å². The van der Waals surface area contributed by atoms with E-state index in [1.54, 1.807) is 12.1 Å². The second-order valence-corrected chi connectivity index (χ2v) is 8.24. The van der Waals surface area contributed by atoms with Crippen molar-refractivity contribution >= 4 is 23.6 Å². The van der Waals surface area contributed by atoms with Crippen molar-refractivity contribution in [3.05, 3.63) is 71.0 Å². The summed E-state index contributed by atoms with van der Waals surface area (Å²) in [4.78, 5) is 52.2. The molecule has 1 spiro atoms. The van der Waals surface area contributed by atoms with Gasteiger partial charge >= 0.3 is 12.2 Å². The minimum absolute atomic E-state index is 0.231. The fraction of sp³-hybridized carbons (Fsp3) is 0.304. The zero-order chi connectivity index (χ0) is 24.8. The third-order valence-electron chi connectivity index (χ3n) is 6.11. The molecule has 1 saturated heterocycles. The zero-order valence-corrected chi connectivity index (χ0v) is 17.9. The van der Waals surface area contributed by atoms with E-state index in [1.807, 2.05) is 0 Å². The number of fused-ring (bicyclic) bond motifs is 2. The van der Waals surface area contributed by atoms with Gasteiger partial charge < -0.3 is 10.2 Å². The number of urea groups is 1. The monoisotopic (exact) mass is 477 g/mol. The van der Waals surface area contributed by atoms with Crippen molar-refractivity contribution in [3.63, 3.8) is 0 Å². The second-order valence-electron chi connectivity index (χ2n) is 8.24. The van der Waals surface area contributed by atoms with Gasteiger partial charge in [0.25, 0.3) is 5.91 Å². The predicted octanol–water partition coefficient (Wildman–Crippen LogP) is 3.14. The molecule has 2 unspecified atom stereocenters. The number of carbonyl (C=O) groups excluding carboxylic acids is 4. The van der Waals surface area contributed by atoms with Crippen LogP contribution in [-0.2, 0) is 21.7 Å². The van der Waals surface area contributed by atoms with Crippen LogP contribution in [0.15, 0.2) is 48.5 Å². The Hall–Kier alpha value is -3.76. The number of hydrogen-bond donors (Lipinski definition) is 1. The van der Waals surface area contributed by atoms with Crippen molar-refractivity contribution in [3.8, 4) is 0 Å². The maximum absolute atomic E-state index is 13.5. The van der Waals surface area contributed by atoms with Gasteiger partial charge in [-0.3, -0.25) is 19.3 Å². The topological polar surface area (TPSA) is 86.8 Å². The highest BCUT2D eigenvalue weighted by molar-refractivity contribution is 6.16. The highest BCUT2D eigenvalue weighted by Crippen LogP contribution is 2.41. The van der Waals surface area contributed by atoms with Gasteiger partial charge in [0.2, 0.25) is 5.91 Å². The van der Waals surface area contributed by atoms with Crippen LogP contribution < -0.4 is 5.32 Å². The number of benzene rings is 2. The van der Waals surface area contributed by atoms with Crippen molar-refractivity contribution in [1.29, 1.82) is 0 Å². The molecule has 1 N–H and O–H groups in total. The summed E-state index contributed by atoms with van der Waals surface area (Å²) in [5, 5.41) is 2.46. The van der Waals surface area contributed by atoms with E-state index >= 15 is 0 Å². The summed E-state index contributed by atoms with van der Waals surface area (Å²) in [6.45, 7) is -0.693. The molecule has 11 heteroatoms. The number of nitrogens with zero attached hydrogens (tertiary/aromatic N) is 2. The summed E-state index contributed by atoms with van der Waals surface area (Å²) in [5.74, 6) is -2.99. The Morgan fingerprint density at radius 3 is 2.41 bits per heavy atom. The van der Waals surface area contributed by atoms with Gasteiger partial charge in [-0.1, -0.05) is 36.4 Å². The maximum atomic E-state index is 13.5. The quantitative estimate of drug-likeness (QED) is 0.530. The second kappa shape index (κ2) is 8.23. The van der Waals surface area contributed by atoms with Gasteiger partial charge in [0, 0.05) is 18.5 Å². The smallest absolute Gasteiger partial charge is 0.325 e. The largest absolute Gasteiger partial charge is 0.408 e. The third-order valence-corrected chi connectivity index (χ3v) is 6.11. The van der Waals surface area contributed by atoms with Crippen molar-refractivity contribution in [2.75, 3.05) is 6.54 Å². The van der Waals surface area contributed by atoms with Gasteiger partial charge in [-0.05, 0) is 30.2 Å². The van der Waals surface area contributed by atoms with Crippen LogP contribution in [0.2, 0.25) is 0 Å². The minimum Gasteiger partial charge on any atom is -0.325 e. The molecule has 1 heterocycles. The Kier molecular flexibility index (Phi) is 5.66. The van der Waals surface area contributed by atoms with Gasteiger partial charge in [-0.2, -0.15) is 13.2 Å². The lowest BCUT2D eigenvalue weighted by atomic mass is 9.92. The number of carbonyl (C=O) groups is 4. The van der Waals surface area contributed by atoms with Gasteiger partial charge in [0.05, 0.1) is 0 Å². The number of nitrogens with one attached hydrogen (secondary N) is 1. The number of ketones is 1. The molecule has 178 valence electrons. The van der Waals surface area contributed by atoms with Gasteiger partial charge in [0.1, 0.15) is 18.4 Å². The normalized spacial score (nSPS) is 20.5. The number of amides is 4. The van der Waals surface area contributed by atoms with E-state index < -0.39 is 54.5 Å². The maximum Gasteiger partial charge on any atom is 0.408 e. The zero-order valence-electron chi connectivity index (χ0n) is 17.9. The molecule has 2 aliphatic rings. The van der Waals surface area contributed by atoms with Crippen LogP contribution >= 0.6 is 0 Å². The first-order valence-electron chi connectivity index (χ1n) is 10.3. The number of imide groups is 1. The summed E-state index contributed by atoms with van der Waals surface area (Å²) < 4.78 is 53.7. The molecule has 2 aromatic rings. The average Bonchev–Trinajstić information content (AvgIpc) is 3.20. The van der Waals surface area contributed by atoms with Crippen LogP contribution in [0, 0.1) is 5.82 Å². The van der Waals surface area contributed by atoms with E-state index in [0.29, 0.717) is 9.80 Å². The fourth-order valence-corrected chi connectivity index (χ4v) is 4.23. The van der Waals surface area contributed by atoms with Crippen molar-refractivity contribution in [1.82, 2.24) is 15.1 Å². The Morgan fingerprint density at radius 2 is 1.76 bits per heavy atom. The number of rotatable bonds is 5. The van der Waals surface area contributed by atoms with Gasteiger partial charge in [-0.25, -0.2) is 9.18 Å². The molecular weight excluding hydrogens is 458 g/mol. The van der Waals surface area contributed by atoms with Gasteiger partial charge in [0.15, 0.2) is 11.3 Å². The van der Waals surface area contributed by atoms with E-state index in [0.717, 1.165) is 19.1 Å². The minimum atomic E-state index is -4.79. The fourth-order valence-electron chi connectivity index (χ4n) is 4.23. The van der Waals surface area contributed by atoms with Crippen molar-refractivity contribution in [2.45, 2.75) is 37.6 Å². The Morgan fingerprint density at radius 1 is 1.12 bits per heavy atom. The third kappa shape index (κ3) is 3.91. The Bertz CT molecular complexity index is 1180. The first-order chi connectivity index (χ1) is 15.9. The standard InChI is InChI=1S/C23H19F4N3O4/c1-13(23(25,26)27)29(11-14-6-8-15(24)9-7-14)19(32)12-30-20(33)22(28-21(30)34)10-18(31)16-4-2-3-5-17(16)22/h2-9,13H,10-12H2,1H3,(H,28,34). The molecule has 0 aromatic heterocycles. The van der Waals surface area contributed by atoms with E-state index in [4.69, 9.17) is 0 Å². The molecule has 4 amide bonds. The van der Waals surface area contributed by atoms with Crippen LogP contribution in [0.5, 0.6) is 0 Å². The summed E-state index contributed by atoms with van der Waals surface area (Å²) in [7, 11) is 0. The molecular formula is C23H19F4N3O4. The lowest BCUT2D eigenvalue weighted by Crippen LogP contribution is -2.51. The molecule has 34 heavy (non-hydrogen) atoms. The molecule has 7 nitrogen and oxygen atoms in total. The van der Waals surface area contributed by atoms with Crippen LogP contribution in [0.25, 0.3) is 0 Å². The summed E-state index contributed by atoms with van der Waals surface area (Å²) in [5.41, 5.74) is -0.925. The highest BCUT2D eigenvalue weighted by atomic mass is 19.4. The van der Waals surface area contributed by atoms with E-state index in [1.165, 1.54) is 24.3 Å². The average molecular weight is 477 g/mol. The SMILES string of the molecule is CC(N(Cc1ccc(F)cc1)C(=O)CN1C(=O)NC2(CC(=O)c3ccccc32)C1=O)C(F)(F)F.